The Morgan fingerprint density at radius 3 is 3.12 bits per heavy atom. The maximum absolute atomic E-state index is 11.5. The summed E-state index contributed by atoms with van der Waals surface area (Å²) >= 11 is 1.53. The molecule has 0 bridgehead atoms. The van der Waals surface area contributed by atoms with Crippen molar-refractivity contribution >= 4 is 11.3 Å². The molecule has 2 heterocycles. The maximum atomic E-state index is 11.5. The van der Waals surface area contributed by atoms with E-state index >= 15 is 0 Å². The lowest BCUT2D eigenvalue weighted by Gasteiger charge is -2.02. The molecule has 86 valence electrons. The zero-order chi connectivity index (χ0) is 12.1. The van der Waals surface area contributed by atoms with Gasteiger partial charge in [0, 0.05) is 22.7 Å². The summed E-state index contributed by atoms with van der Waals surface area (Å²) in [7, 11) is 0. The molecule has 0 radical (unpaired) electrons. The molecule has 2 rings (SSSR count). The fourth-order valence-electron chi connectivity index (χ4n) is 1.36. The summed E-state index contributed by atoms with van der Waals surface area (Å²) in [6.45, 7) is 0.294. The minimum absolute atomic E-state index is 0.0885. The quantitative estimate of drug-likeness (QED) is 0.793. The van der Waals surface area contributed by atoms with Crippen LogP contribution in [0.15, 0.2) is 34.8 Å². The van der Waals surface area contributed by atoms with Crippen LogP contribution in [0.2, 0.25) is 0 Å². The smallest absolute Gasteiger partial charge is 0.253 e. The number of thiophene rings is 1. The van der Waals surface area contributed by atoms with E-state index in [1.807, 2.05) is 11.4 Å². The van der Waals surface area contributed by atoms with E-state index in [4.69, 9.17) is 5.11 Å². The Morgan fingerprint density at radius 1 is 1.47 bits per heavy atom. The van der Waals surface area contributed by atoms with Crippen molar-refractivity contribution in [3.8, 4) is 11.8 Å². The number of aliphatic hydroxyl groups is 1. The topological polar surface area (TPSA) is 55.1 Å². The van der Waals surface area contributed by atoms with Crippen molar-refractivity contribution in [3.05, 3.63) is 50.8 Å². The van der Waals surface area contributed by atoms with Gasteiger partial charge in [0.15, 0.2) is 0 Å². The lowest BCUT2D eigenvalue weighted by atomic mass is 10.2. The molecule has 0 fully saturated rings. The van der Waals surface area contributed by atoms with E-state index in [0.717, 1.165) is 10.4 Å². The van der Waals surface area contributed by atoms with Gasteiger partial charge in [0.05, 0.1) is 12.9 Å². The molecule has 0 aromatic carbocycles. The third kappa shape index (κ3) is 2.81. The van der Waals surface area contributed by atoms with Crippen LogP contribution in [-0.4, -0.2) is 21.3 Å². The average molecular weight is 246 g/mol. The van der Waals surface area contributed by atoms with Crippen molar-refractivity contribution in [1.82, 2.24) is 9.55 Å². The summed E-state index contributed by atoms with van der Waals surface area (Å²) in [5, 5.41) is 10.6. The molecule has 2 aromatic rings. The standard InChI is InChI=1S/C12H10N2O2S/c15-6-1-2-10-4-7-17-11(10)8-14-9-13-5-3-12(14)16/h3-5,7,9,15H,6,8H2. The second-order valence-corrected chi connectivity index (χ2v) is 4.26. The van der Waals surface area contributed by atoms with Gasteiger partial charge in [-0.15, -0.1) is 11.3 Å². The van der Waals surface area contributed by atoms with Crippen LogP contribution in [0.3, 0.4) is 0 Å². The van der Waals surface area contributed by atoms with E-state index in [-0.39, 0.29) is 12.2 Å². The van der Waals surface area contributed by atoms with Crippen LogP contribution in [0.5, 0.6) is 0 Å². The molecule has 0 spiro atoms. The molecular formula is C12H10N2O2S. The highest BCUT2D eigenvalue weighted by Gasteiger charge is 2.03. The average Bonchev–Trinajstić information content (AvgIpc) is 2.77. The highest BCUT2D eigenvalue weighted by Crippen LogP contribution is 2.16. The highest BCUT2D eigenvalue weighted by atomic mass is 32.1. The van der Waals surface area contributed by atoms with Gasteiger partial charge >= 0.3 is 0 Å². The first-order chi connectivity index (χ1) is 8.31. The summed E-state index contributed by atoms with van der Waals surface area (Å²) in [5.74, 6) is 5.46. The van der Waals surface area contributed by atoms with Crippen LogP contribution in [0, 0.1) is 11.8 Å². The zero-order valence-corrected chi connectivity index (χ0v) is 9.78. The Labute approximate surface area is 102 Å². The molecule has 0 saturated heterocycles. The van der Waals surface area contributed by atoms with Crippen molar-refractivity contribution in [3.63, 3.8) is 0 Å². The van der Waals surface area contributed by atoms with E-state index in [1.54, 1.807) is 0 Å². The van der Waals surface area contributed by atoms with Crippen LogP contribution in [0.25, 0.3) is 0 Å². The lowest BCUT2D eigenvalue weighted by Crippen LogP contribution is -2.19. The zero-order valence-electron chi connectivity index (χ0n) is 8.96. The van der Waals surface area contributed by atoms with Crippen LogP contribution in [0.4, 0.5) is 0 Å². The predicted molar refractivity (Wildman–Crippen MR) is 65.9 cm³/mol. The lowest BCUT2D eigenvalue weighted by molar-refractivity contribution is 0.350. The fraction of sp³-hybridized carbons (Fsp3) is 0.167. The second-order valence-electron chi connectivity index (χ2n) is 3.26. The molecule has 0 aliphatic rings. The third-order valence-corrected chi connectivity index (χ3v) is 3.06. The molecule has 0 unspecified atom stereocenters. The highest BCUT2D eigenvalue weighted by molar-refractivity contribution is 7.10. The van der Waals surface area contributed by atoms with Gasteiger partial charge in [-0.05, 0) is 11.4 Å². The number of hydrogen-bond donors (Lipinski definition) is 1. The number of hydrogen-bond acceptors (Lipinski definition) is 4. The van der Waals surface area contributed by atoms with E-state index in [1.165, 1.54) is 34.5 Å². The van der Waals surface area contributed by atoms with Crippen LogP contribution >= 0.6 is 11.3 Å². The Kier molecular flexibility index (Phi) is 3.70. The Bertz CT molecular complexity index is 619. The van der Waals surface area contributed by atoms with Gasteiger partial charge in [0.2, 0.25) is 0 Å². The van der Waals surface area contributed by atoms with Crippen molar-refractivity contribution < 1.29 is 5.11 Å². The monoisotopic (exact) mass is 246 g/mol. The van der Waals surface area contributed by atoms with Crippen molar-refractivity contribution in [2.75, 3.05) is 6.61 Å². The minimum atomic E-state index is -0.165. The number of nitrogens with zero attached hydrogens (tertiary/aromatic N) is 2. The van der Waals surface area contributed by atoms with Gasteiger partial charge in [0.1, 0.15) is 6.61 Å². The second kappa shape index (κ2) is 5.43. The van der Waals surface area contributed by atoms with Crippen LogP contribution in [-0.2, 0) is 6.54 Å². The van der Waals surface area contributed by atoms with Crippen molar-refractivity contribution in [2.24, 2.45) is 0 Å². The normalized spacial score (nSPS) is 9.71. The molecule has 0 amide bonds. The molecule has 4 nitrogen and oxygen atoms in total. The Balaban J connectivity index is 2.28. The first-order valence-corrected chi connectivity index (χ1v) is 5.86. The molecule has 0 aliphatic carbocycles. The molecule has 1 N–H and O–H groups in total. The predicted octanol–water partition coefficient (Wildman–Crippen LogP) is 0.697. The number of aliphatic hydroxyl groups excluding tert-OH is 1. The van der Waals surface area contributed by atoms with Gasteiger partial charge in [-0.3, -0.25) is 9.36 Å². The summed E-state index contributed by atoms with van der Waals surface area (Å²) in [6, 6.07) is 3.30. The summed E-state index contributed by atoms with van der Waals surface area (Å²) in [5.41, 5.74) is 0.759. The molecule has 2 aromatic heterocycles. The number of rotatable bonds is 2. The first-order valence-electron chi connectivity index (χ1n) is 4.98. The molecule has 0 saturated carbocycles. The van der Waals surface area contributed by atoms with Gasteiger partial charge in [-0.25, -0.2) is 4.98 Å². The van der Waals surface area contributed by atoms with Gasteiger partial charge in [0.25, 0.3) is 5.56 Å². The molecule has 0 aliphatic heterocycles. The minimum Gasteiger partial charge on any atom is -0.384 e. The van der Waals surface area contributed by atoms with Crippen molar-refractivity contribution in [2.45, 2.75) is 6.54 Å². The van der Waals surface area contributed by atoms with Crippen LogP contribution in [0.1, 0.15) is 10.4 Å². The molecule has 0 atom stereocenters. The molecule has 17 heavy (non-hydrogen) atoms. The van der Waals surface area contributed by atoms with Gasteiger partial charge < -0.3 is 5.11 Å². The maximum Gasteiger partial charge on any atom is 0.253 e. The Hall–Kier alpha value is -1.90. The summed E-state index contributed by atoms with van der Waals surface area (Å²) in [6.07, 6.45) is 2.98. The SMILES string of the molecule is O=c1ccncn1Cc1sccc1C#CCO. The molecule has 5 heteroatoms. The molecular weight excluding hydrogens is 236 g/mol. The third-order valence-electron chi connectivity index (χ3n) is 2.15. The first kappa shape index (κ1) is 11.6. The van der Waals surface area contributed by atoms with Crippen molar-refractivity contribution in [1.29, 1.82) is 0 Å². The Morgan fingerprint density at radius 2 is 2.35 bits per heavy atom. The summed E-state index contributed by atoms with van der Waals surface area (Å²) in [4.78, 5) is 16.4. The number of aromatic nitrogens is 2. The van der Waals surface area contributed by atoms with E-state index in [2.05, 4.69) is 16.8 Å². The van der Waals surface area contributed by atoms with Crippen LogP contribution < -0.4 is 5.56 Å². The van der Waals surface area contributed by atoms with E-state index < -0.39 is 0 Å². The van der Waals surface area contributed by atoms with E-state index in [0.29, 0.717) is 6.54 Å². The summed E-state index contributed by atoms with van der Waals surface area (Å²) < 4.78 is 1.52. The van der Waals surface area contributed by atoms with E-state index in [9.17, 15) is 4.79 Å². The van der Waals surface area contributed by atoms with Gasteiger partial charge in [-0.1, -0.05) is 11.8 Å². The fourth-order valence-corrected chi connectivity index (χ4v) is 2.19. The van der Waals surface area contributed by atoms with Gasteiger partial charge in [-0.2, -0.15) is 0 Å². The largest absolute Gasteiger partial charge is 0.384 e.